The van der Waals surface area contributed by atoms with Crippen LogP contribution in [0.25, 0.3) is 0 Å². The molecule has 1 saturated heterocycles. The molecule has 0 bridgehead atoms. The predicted octanol–water partition coefficient (Wildman–Crippen LogP) is -0.382. The van der Waals surface area contributed by atoms with Crippen molar-refractivity contribution in [3.8, 4) is 0 Å². The fourth-order valence-corrected chi connectivity index (χ4v) is 2.50. The minimum Gasteiger partial charge on any atom is -0.465 e. The SMILES string of the molecule is CCOC(=O)C1(C(=O)OCC)CCNC(=O)C1CCO. The molecule has 7 heteroatoms. The van der Waals surface area contributed by atoms with Crippen molar-refractivity contribution in [3.05, 3.63) is 0 Å². The molecule has 7 nitrogen and oxygen atoms in total. The normalized spacial score (nSPS) is 20.9. The highest BCUT2D eigenvalue weighted by atomic mass is 16.6. The first-order chi connectivity index (χ1) is 9.54. The number of ether oxygens (including phenoxy) is 2. The van der Waals surface area contributed by atoms with E-state index in [9.17, 15) is 14.4 Å². The number of nitrogens with one attached hydrogen (secondary N) is 1. The molecule has 0 spiro atoms. The minimum absolute atomic E-state index is 0.00343. The molecule has 20 heavy (non-hydrogen) atoms. The Hall–Kier alpha value is -1.63. The summed E-state index contributed by atoms with van der Waals surface area (Å²) in [5.74, 6) is -2.93. The van der Waals surface area contributed by atoms with Gasteiger partial charge in [0.15, 0.2) is 5.41 Å². The lowest BCUT2D eigenvalue weighted by molar-refractivity contribution is -0.182. The molecule has 0 saturated carbocycles. The summed E-state index contributed by atoms with van der Waals surface area (Å²) in [5.41, 5.74) is -1.66. The third-order valence-corrected chi connectivity index (χ3v) is 3.43. The van der Waals surface area contributed by atoms with Gasteiger partial charge in [-0.1, -0.05) is 0 Å². The van der Waals surface area contributed by atoms with E-state index in [0.29, 0.717) is 0 Å². The molecule has 0 aromatic rings. The Labute approximate surface area is 117 Å². The molecular weight excluding hydrogens is 266 g/mol. The Morgan fingerprint density at radius 3 is 2.30 bits per heavy atom. The lowest BCUT2D eigenvalue weighted by atomic mass is 9.68. The zero-order chi connectivity index (χ0) is 15.2. The summed E-state index contributed by atoms with van der Waals surface area (Å²) in [4.78, 5) is 36.5. The molecule has 0 aromatic carbocycles. The van der Waals surface area contributed by atoms with E-state index >= 15 is 0 Å². The maximum absolute atomic E-state index is 12.3. The molecule has 2 N–H and O–H groups in total. The second-order valence-corrected chi connectivity index (χ2v) is 4.52. The minimum atomic E-state index is -1.66. The largest absolute Gasteiger partial charge is 0.465 e. The van der Waals surface area contributed by atoms with E-state index < -0.39 is 29.2 Å². The summed E-state index contributed by atoms with van der Waals surface area (Å²) < 4.78 is 9.95. The van der Waals surface area contributed by atoms with Crippen molar-refractivity contribution >= 4 is 17.8 Å². The zero-order valence-electron chi connectivity index (χ0n) is 11.8. The van der Waals surface area contributed by atoms with Crippen LogP contribution in [-0.2, 0) is 23.9 Å². The van der Waals surface area contributed by atoms with Crippen molar-refractivity contribution in [1.82, 2.24) is 5.32 Å². The second-order valence-electron chi connectivity index (χ2n) is 4.52. The van der Waals surface area contributed by atoms with Crippen LogP contribution in [-0.4, -0.2) is 49.3 Å². The lowest BCUT2D eigenvalue weighted by Gasteiger charge is -2.38. The highest BCUT2D eigenvalue weighted by molar-refractivity contribution is 6.05. The fraction of sp³-hybridized carbons (Fsp3) is 0.769. The number of piperidine rings is 1. The van der Waals surface area contributed by atoms with Crippen LogP contribution in [0.3, 0.4) is 0 Å². The van der Waals surface area contributed by atoms with Gasteiger partial charge in [-0.2, -0.15) is 0 Å². The fourth-order valence-electron chi connectivity index (χ4n) is 2.50. The van der Waals surface area contributed by atoms with Gasteiger partial charge >= 0.3 is 11.9 Å². The number of aliphatic hydroxyl groups is 1. The molecular formula is C13H21NO6. The van der Waals surface area contributed by atoms with Crippen molar-refractivity contribution in [3.63, 3.8) is 0 Å². The van der Waals surface area contributed by atoms with E-state index in [1.54, 1.807) is 13.8 Å². The van der Waals surface area contributed by atoms with Gasteiger partial charge in [0.1, 0.15) is 0 Å². The first-order valence-corrected chi connectivity index (χ1v) is 6.77. The van der Waals surface area contributed by atoms with Gasteiger partial charge in [0.05, 0.1) is 19.1 Å². The number of amides is 1. The van der Waals surface area contributed by atoms with E-state index in [1.165, 1.54) is 0 Å². The maximum Gasteiger partial charge on any atom is 0.324 e. The third-order valence-electron chi connectivity index (χ3n) is 3.43. The quantitative estimate of drug-likeness (QED) is 0.510. The van der Waals surface area contributed by atoms with Crippen LogP contribution in [0.4, 0.5) is 0 Å². The molecule has 0 aromatic heterocycles. The summed E-state index contributed by atoms with van der Waals surface area (Å²) in [6.45, 7) is 3.35. The molecule has 0 aliphatic carbocycles. The van der Waals surface area contributed by atoms with Gasteiger partial charge in [-0.25, -0.2) is 0 Å². The van der Waals surface area contributed by atoms with Crippen molar-refractivity contribution in [1.29, 1.82) is 0 Å². The molecule has 1 rings (SSSR count). The van der Waals surface area contributed by atoms with Crippen molar-refractivity contribution in [2.24, 2.45) is 11.3 Å². The summed E-state index contributed by atoms with van der Waals surface area (Å²) in [5, 5.41) is 11.7. The third kappa shape index (κ3) is 2.92. The molecule has 1 unspecified atom stereocenters. The van der Waals surface area contributed by atoms with Gasteiger partial charge in [0.25, 0.3) is 0 Å². The Kier molecular flexibility index (Phi) is 5.94. The van der Waals surface area contributed by atoms with Gasteiger partial charge < -0.3 is 19.9 Å². The van der Waals surface area contributed by atoms with Crippen LogP contribution < -0.4 is 5.32 Å². The highest BCUT2D eigenvalue weighted by Crippen LogP contribution is 2.39. The van der Waals surface area contributed by atoms with Crippen molar-refractivity contribution < 1.29 is 29.0 Å². The standard InChI is InChI=1S/C13H21NO6/c1-3-19-11(17)13(12(18)20-4-2)6-7-14-10(16)9(13)5-8-15/h9,15H,3-8H2,1-2H3,(H,14,16). The first-order valence-electron chi connectivity index (χ1n) is 6.77. The lowest BCUT2D eigenvalue weighted by Crippen LogP contribution is -2.58. The van der Waals surface area contributed by atoms with E-state index in [4.69, 9.17) is 14.6 Å². The van der Waals surface area contributed by atoms with E-state index in [0.717, 1.165) is 0 Å². The smallest absolute Gasteiger partial charge is 0.324 e. The Balaban J connectivity index is 3.20. The average molecular weight is 287 g/mol. The molecule has 1 heterocycles. The number of carbonyl (C=O) groups is 3. The monoisotopic (exact) mass is 287 g/mol. The van der Waals surface area contributed by atoms with Gasteiger partial charge in [-0.15, -0.1) is 0 Å². The molecule has 1 atom stereocenters. The molecule has 1 aliphatic rings. The second kappa shape index (κ2) is 7.23. The van der Waals surface area contributed by atoms with Crippen LogP contribution in [0.2, 0.25) is 0 Å². The topological polar surface area (TPSA) is 102 Å². The van der Waals surface area contributed by atoms with E-state index in [1.807, 2.05) is 0 Å². The Morgan fingerprint density at radius 2 is 1.85 bits per heavy atom. The van der Waals surface area contributed by atoms with Crippen LogP contribution in [0.5, 0.6) is 0 Å². The highest BCUT2D eigenvalue weighted by Gasteiger charge is 2.58. The molecule has 114 valence electrons. The zero-order valence-corrected chi connectivity index (χ0v) is 11.8. The molecule has 1 amide bonds. The first kappa shape index (κ1) is 16.4. The van der Waals surface area contributed by atoms with E-state index in [-0.39, 0.29) is 39.2 Å². The summed E-state index contributed by atoms with van der Waals surface area (Å²) in [6.07, 6.45) is 0.116. The number of hydrogen-bond acceptors (Lipinski definition) is 6. The van der Waals surface area contributed by atoms with Gasteiger partial charge in [-0.05, 0) is 26.7 Å². The molecule has 0 radical (unpaired) electrons. The number of esters is 2. The number of hydrogen-bond donors (Lipinski definition) is 2. The van der Waals surface area contributed by atoms with Gasteiger partial charge in [-0.3, -0.25) is 14.4 Å². The Bertz CT molecular complexity index is 363. The number of carbonyl (C=O) groups excluding carboxylic acids is 3. The number of rotatable bonds is 6. The van der Waals surface area contributed by atoms with Gasteiger partial charge in [0.2, 0.25) is 5.91 Å². The average Bonchev–Trinajstić information content (AvgIpc) is 2.41. The van der Waals surface area contributed by atoms with Crippen LogP contribution >= 0.6 is 0 Å². The molecule has 1 fully saturated rings. The summed E-state index contributed by atoms with van der Waals surface area (Å²) in [7, 11) is 0. The van der Waals surface area contributed by atoms with Crippen LogP contribution in [0.15, 0.2) is 0 Å². The summed E-state index contributed by atoms with van der Waals surface area (Å²) >= 11 is 0. The van der Waals surface area contributed by atoms with Crippen molar-refractivity contribution in [2.45, 2.75) is 26.7 Å². The van der Waals surface area contributed by atoms with Gasteiger partial charge in [0, 0.05) is 13.2 Å². The predicted molar refractivity (Wildman–Crippen MR) is 68.5 cm³/mol. The summed E-state index contributed by atoms with van der Waals surface area (Å²) in [6, 6.07) is 0. The number of aliphatic hydroxyl groups excluding tert-OH is 1. The van der Waals surface area contributed by atoms with E-state index in [2.05, 4.69) is 5.32 Å². The van der Waals surface area contributed by atoms with Crippen LogP contribution in [0.1, 0.15) is 26.7 Å². The van der Waals surface area contributed by atoms with Crippen LogP contribution in [0, 0.1) is 11.3 Å². The maximum atomic E-state index is 12.3. The Morgan fingerprint density at radius 1 is 1.30 bits per heavy atom. The van der Waals surface area contributed by atoms with Crippen molar-refractivity contribution in [2.75, 3.05) is 26.4 Å². The molecule has 1 aliphatic heterocycles.